The van der Waals surface area contributed by atoms with E-state index in [4.69, 9.17) is 5.73 Å². The SMILES string of the molecule is Cc1ccc(NC(=O)c2cccc(C(F)(F)F)c2)cc1N1CCc2nc(N)ncc2C1. The van der Waals surface area contributed by atoms with Gasteiger partial charge in [0.2, 0.25) is 5.95 Å². The van der Waals surface area contributed by atoms with Crippen LogP contribution >= 0.6 is 0 Å². The van der Waals surface area contributed by atoms with Gasteiger partial charge in [-0.05, 0) is 42.8 Å². The maximum Gasteiger partial charge on any atom is 0.416 e. The van der Waals surface area contributed by atoms with Crippen LogP contribution in [-0.2, 0) is 19.1 Å². The van der Waals surface area contributed by atoms with Gasteiger partial charge in [-0.15, -0.1) is 0 Å². The minimum Gasteiger partial charge on any atom is -0.368 e. The number of alkyl halides is 3. The van der Waals surface area contributed by atoms with Gasteiger partial charge in [0.1, 0.15) is 0 Å². The molecule has 6 nitrogen and oxygen atoms in total. The quantitative estimate of drug-likeness (QED) is 0.655. The highest BCUT2D eigenvalue weighted by Gasteiger charge is 2.31. The first-order valence-corrected chi connectivity index (χ1v) is 9.65. The molecule has 160 valence electrons. The molecule has 0 radical (unpaired) electrons. The Morgan fingerprint density at radius 1 is 1.19 bits per heavy atom. The summed E-state index contributed by atoms with van der Waals surface area (Å²) in [5.74, 6) is -0.351. The monoisotopic (exact) mass is 427 g/mol. The lowest BCUT2D eigenvalue weighted by Gasteiger charge is -2.31. The lowest BCUT2D eigenvalue weighted by Crippen LogP contribution is -2.32. The molecule has 3 aromatic rings. The molecular weight excluding hydrogens is 407 g/mol. The number of amides is 1. The fourth-order valence-corrected chi connectivity index (χ4v) is 3.61. The standard InChI is InChI=1S/C22H20F3N5O/c1-13-5-6-17(28-20(31)14-3-2-4-16(9-14)22(23,24)25)10-19(13)30-8-7-18-15(12-30)11-27-21(26)29-18/h2-6,9-11H,7-8,12H2,1H3,(H,28,31)(H2,26,27,29). The predicted octanol–water partition coefficient (Wildman–Crippen LogP) is 4.20. The molecule has 0 spiro atoms. The number of hydrogen-bond donors (Lipinski definition) is 2. The van der Waals surface area contributed by atoms with Crippen molar-refractivity contribution in [3.05, 3.63) is 76.6 Å². The lowest BCUT2D eigenvalue weighted by atomic mass is 10.0. The fourth-order valence-electron chi connectivity index (χ4n) is 3.61. The Morgan fingerprint density at radius 2 is 2.00 bits per heavy atom. The highest BCUT2D eigenvalue weighted by Crippen LogP contribution is 2.31. The highest BCUT2D eigenvalue weighted by atomic mass is 19.4. The van der Waals surface area contributed by atoms with Crippen molar-refractivity contribution in [2.75, 3.05) is 22.5 Å². The maximum absolute atomic E-state index is 12.9. The van der Waals surface area contributed by atoms with Gasteiger partial charge < -0.3 is 16.0 Å². The molecule has 0 aliphatic carbocycles. The molecule has 1 aliphatic heterocycles. The molecule has 0 saturated carbocycles. The second-order valence-electron chi connectivity index (χ2n) is 7.41. The van der Waals surface area contributed by atoms with E-state index in [0.29, 0.717) is 18.7 Å². The third-order valence-corrected chi connectivity index (χ3v) is 5.21. The van der Waals surface area contributed by atoms with Crippen molar-refractivity contribution in [2.24, 2.45) is 0 Å². The van der Waals surface area contributed by atoms with E-state index in [0.717, 1.165) is 41.2 Å². The number of nitrogen functional groups attached to an aromatic ring is 1. The average molecular weight is 427 g/mol. The van der Waals surface area contributed by atoms with Gasteiger partial charge in [0, 0.05) is 48.2 Å². The molecule has 2 heterocycles. The Morgan fingerprint density at radius 3 is 2.77 bits per heavy atom. The lowest BCUT2D eigenvalue weighted by molar-refractivity contribution is -0.137. The molecule has 0 bridgehead atoms. The zero-order chi connectivity index (χ0) is 22.2. The molecule has 1 aliphatic rings. The minimum absolute atomic E-state index is 0.0569. The summed E-state index contributed by atoms with van der Waals surface area (Å²) in [5.41, 5.74) is 9.09. The Balaban J connectivity index is 1.55. The van der Waals surface area contributed by atoms with E-state index in [1.807, 2.05) is 19.1 Å². The smallest absolute Gasteiger partial charge is 0.368 e. The first-order valence-electron chi connectivity index (χ1n) is 9.65. The largest absolute Gasteiger partial charge is 0.416 e. The van der Waals surface area contributed by atoms with E-state index in [2.05, 4.69) is 20.2 Å². The van der Waals surface area contributed by atoms with Crippen LogP contribution in [0.25, 0.3) is 0 Å². The Bertz CT molecular complexity index is 1150. The normalized spacial score (nSPS) is 13.6. The van der Waals surface area contributed by atoms with Crippen molar-refractivity contribution >= 4 is 23.2 Å². The van der Waals surface area contributed by atoms with Gasteiger partial charge in [0.15, 0.2) is 0 Å². The zero-order valence-electron chi connectivity index (χ0n) is 16.7. The minimum atomic E-state index is -4.51. The van der Waals surface area contributed by atoms with Gasteiger partial charge in [-0.25, -0.2) is 9.97 Å². The van der Waals surface area contributed by atoms with Crippen LogP contribution in [0, 0.1) is 6.92 Å². The molecule has 0 unspecified atom stereocenters. The number of rotatable bonds is 3. The zero-order valence-corrected chi connectivity index (χ0v) is 16.7. The number of nitrogens with one attached hydrogen (secondary N) is 1. The maximum atomic E-state index is 12.9. The summed E-state index contributed by atoms with van der Waals surface area (Å²) in [6.07, 6.45) is -2.08. The number of aryl methyl sites for hydroxylation is 1. The summed E-state index contributed by atoms with van der Waals surface area (Å²) >= 11 is 0. The first kappa shape index (κ1) is 20.6. The number of nitrogens with zero attached hydrogens (tertiary/aromatic N) is 3. The summed E-state index contributed by atoms with van der Waals surface area (Å²) in [6, 6.07) is 9.78. The number of benzene rings is 2. The van der Waals surface area contributed by atoms with Gasteiger partial charge in [-0.1, -0.05) is 12.1 Å². The molecule has 9 heteroatoms. The Hall–Kier alpha value is -3.62. The van der Waals surface area contributed by atoms with Gasteiger partial charge in [0.25, 0.3) is 5.91 Å². The van der Waals surface area contributed by atoms with Gasteiger partial charge in [-0.2, -0.15) is 13.2 Å². The van der Waals surface area contributed by atoms with Gasteiger partial charge in [-0.3, -0.25) is 4.79 Å². The summed E-state index contributed by atoms with van der Waals surface area (Å²) in [7, 11) is 0. The van der Waals surface area contributed by atoms with Crippen LogP contribution in [0.4, 0.5) is 30.5 Å². The van der Waals surface area contributed by atoms with Crippen LogP contribution in [0.1, 0.15) is 32.7 Å². The number of hydrogen-bond acceptors (Lipinski definition) is 5. The van der Waals surface area contributed by atoms with Gasteiger partial charge in [0.05, 0.1) is 11.3 Å². The van der Waals surface area contributed by atoms with Crippen LogP contribution in [0.15, 0.2) is 48.7 Å². The van der Waals surface area contributed by atoms with Crippen LogP contribution in [0.3, 0.4) is 0 Å². The number of fused-ring (bicyclic) bond motifs is 1. The van der Waals surface area contributed by atoms with E-state index in [1.165, 1.54) is 12.1 Å². The summed E-state index contributed by atoms with van der Waals surface area (Å²) in [5, 5.41) is 2.70. The topological polar surface area (TPSA) is 84.1 Å². The molecule has 0 fully saturated rings. The number of nitrogens with two attached hydrogens (primary N) is 1. The molecule has 0 saturated heterocycles. The molecular formula is C22H20F3N5O. The number of carbonyl (C=O) groups is 1. The third kappa shape index (κ3) is 4.45. The van der Waals surface area contributed by atoms with Crippen molar-refractivity contribution in [3.8, 4) is 0 Å². The first-order chi connectivity index (χ1) is 14.7. The Labute approximate surface area is 176 Å². The van der Waals surface area contributed by atoms with E-state index in [9.17, 15) is 18.0 Å². The van der Waals surface area contributed by atoms with E-state index in [-0.39, 0.29) is 11.5 Å². The van der Waals surface area contributed by atoms with E-state index < -0.39 is 17.6 Å². The van der Waals surface area contributed by atoms with Crippen LogP contribution in [0.5, 0.6) is 0 Å². The van der Waals surface area contributed by atoms with E-state index in [1.54, 1.807) is 12.3 Å². The molecule has 3 N–H and O–H groups in total. The molecule has 4 rings (SSSR count). The molecule has 1 aromatic heterocycles. The average Bonchev–Trinajstić information content (AvgIpc) is 2.74. The summed E-state index contributed by atoms with van der Waals surface area (Å²) in [6.45, 7) is 3.28. The summed E-state index contributed by atoms with van der Waals surface area (Å²) in [4.78, 5) is 23.0. The van der Waals surface area contributed by atoms with Crippen LogP contribution in [-0.4, -0.2) is 22.4 Å². The molecule has 1 amide bonds. The van der Waals surface area contributed by atoms with Crippen molar-refractivity contribution in [2.45, 2.75) is 26.1 Å². The van der Waals surface area contributed by atoms with Crippen LogP contribution in [0.2, 0.25) is 0 Å². The second kappa shape index (κ2) is 7.90. The number of carbonyl (C=O) groups excluding carboxylic acids is 1. The fraction of sp³-hybridized carbons (Fsp3) is 0.227. The summed E-state index contributed by atoms with van der Waals surface area (Å²) < 4.78 is 38.8. The highest BCUT2D eigenvalue weighted by molar-refractivity contribution is 6.04. The van der Waals surface area contributed by atoms with Crippen molar-refractivity contribution < 1.29 is 18.0 Å². The number of aromatic nitrogens is 2. The van der Waals surface area contributed by atoms with E-state index >= 15 is 0 Å². The second-order valence-corrected chi connectivity index (χ2v) is 7.41. The molecule has 0 atom stereocenters. The Kier molecular flexibility index (Phi) is 5.26. The van der Waals surface area contributed by atoms with Crippen molar-refractivity contribution in [1.29, 1.82) is 0 Å². The van der Waals surface area contributed by atoms with Crippen LogP contribution < -0.4 is 16.0 Å². The number of halogens is 3. The van der Waals surface area contributed by atoms with Gasteiger partial charge >= 0.3 is 6.18 Å². The third-order valence-electron chi connectivity index (χ3n) is 5.21. The van der Waals surface area contributed by atoms with Crippen molar-refractivity contribution in [1.82, 2.24) is 9.97 Å². The number of anilines is 3. The van der Waals surface area contributed by atoms with Crippen molar-refractivity contribution in [3.63, 3.8) is 0 Å². The predicted molar refractivity (Wildman–Crippen MR) is 112 cm³/mol. The molecule has 31 heavy (non-hydrogen) atoms. The molecule has 2 aromatic carbocycles.